The molecule has 0 amide bonds. The van der Waals surface area contributed by atoms with E-state index < -0.39 is 0 Å². The Bertz CT molecular complexity index is 442. The van der Waals surface area contributed by atoms with Crippen LogP contribution >= 0.6 is 0 Å². The van der Waals surface area contributed by atoms with Gasteiger partial charge in [0.25, 0.3) is 0 Å². The fourth-order valence-electron chi connectivity index (χ4n) is 1.98. The zero-order valence-electron chi connectivity index (χ0n) is 10.7. The van der Waals surface area contributed by atoms with E-state index in [1.54, 1.807) is 0 Å². The molecule has 2 aromatic heterocycles. The second-order valence-corrected chi connectivity index (χ2v) is 4.35. The molecule has 0 aliphatic rings. The van der Waals surface area contributed by atoms with E-state index in [1.807, 2.05) is 24.8 Å². The van der Waals surface area contributed by atoms with E-state index in [2.05, 4.69) is 46.5 Å². The van der Waals surface area contributed by atoms with Gasteiger partial charge in [0, 0.05) is 30.8 Å². The standard InChI is InChI=1S/C15H19N3/c1-2-7-18-15(14-5-10-17-11-6-14)12-13-3-8-16-9-4-13/h3-6,8-11,15,18H,2,7,12H2,1H3. The summed E-state index contributed by atoms with van der Waals surface area (Å²) in [6, 6.07) is 8.64. The topological polar surface area (TPSA) is 37.8 Å². The lowest BCUT2D eigenvalue weighted by atomic mass is 10.0. The van der Waals surface area contributed by atoms with Crippen molar-refractivity contribution in [2.45, 2.75) is 25.8 Å². The number of hydrogen-bond donors (Lipinski definition) is 1. The number of nitrogens with one attached hydrogen (secondary N) is 1. The Morgan fingerprint density at radius 2 is 1.61 bits per heavy atom. The van der Waals surface area contributed by atoms with Crippen LogP contribution in [0.1, 0.15) is 30.5 Å². The van der Waals surface area contributed by atoms with Gasteiger partial charge >= 0.3 is 0 Å². The zero-order valence-corrected chi connectivity index (χ0v) is 10.7. The van der Waals surface area contributed by atoms with Gasteiger partial charge in [0.1, 0.15) is 0 Å². The molecular formula is C15H19N3. The van der Waals surface area contributed by atoms with Gasteiger partial charge in [0.05, 0.1) is 0 Å². The third-order valence-electron chi connectivity index (χ3n) is 2.94. The van der Waals surface area contributed by atoms with E-state index in [-0.39, 0.29) is 0 Å². The van der Waals surface area contributed by atoms with Crippen LogP contribution in [0.15, 0.2) is 49.1 Å². The maximum Gasteiger partial charge on any atom is 0.0361 e. The predicted molar refractivity (Wildman–Crippen MR) is 73.2 cm³/mol. The van der Waals surface area contributed by atoms with Crippen LogP contribution in [-0.4, -0.2) is 16.5 Å². The highest BCUT2D eigenvalue weighted by molar-refractivity contribution is 5.20. The van der Waals surface area contributed by atoms with Crippen molar-refractivity contribution in [1.29, 1.82) is 0 Å². The molecule has 1 atom stereocenters. The molecule has 0 radical (unpaired) electrons. The number of nitrogens with zero attached hydrogens (tertiary/aromatic N) is 2. The lowest BCUT2D eigenvalue weighted by molar-refractivity contribution is 0.528. The number of pyridine rings is 2. The highest BCUT2D eigenvalue weighted by atomic mass is 14.9. The molecule has 0 aliphatic carbocycles. The van der Waals surface area contributed by atoms with Crippen molar-refractivity contribution in [3.8, 4) is 0 Å². The van der Waals surface area contributed by atoms with Gasteiger partial charge in [-0.25, -0.2) is 0 Å². The minimum atomic E-state index is 0.343. The summed E-state index contributed by atoms with van der Waals surface area (Å²) >= 11 is 0. The van der Waals surface area contributed by atoms with Crippen molar-refractivity contribution in [1.82, 2.24) is 15.3 Å². The first-order valence-electron chi connectivity index (χ1n) is 6.42. The monoisotopic (exact) mass is 241 g/mol. The summed E-state index contributed by atoms with van der Waals surface area (Å²) in [4.78, 5) is 8.13. The van der Waals surface area contributed by atoms with Crippen molar-refractivity contribution in [2.24, 2.45) is 0 Å². The van der Waals surface area contributed by atoms with E-state index in [1.165, 1.54) is 11.1 Å². The molecular weight excluding hydrogens is 222 g/mol. The van der Waals surface area contributed by atoms with E-state index in [0.717, 1.165) is 19.4 Å². The largest absolute Gasteiger partial charge is 0.310 e. The number of rotatable bonds is 6. The van der Waals surface area contributed by atoms with Crippen LogP contribution in [0.4, 0.5) is 0 Å². The highest BCUT2D eigenvalue weighted by Crippen LogP contribution is 2.17. The minimum absolute atomic E-state index is 0.343. The van der Waals surface area contributed by atoms with Gasteiger partial charge < -0.3 is 5.32 Å². The Balaban J connectivity index is 2.10. The first kappa shape index (κ1) is 12.7. The molecule has 0 saturated heterocycles. The van der Waals surface area contributed by atoms with Crippen molar-refractivity contribution < 1.29 is 0 Å². The smallest absolute Gasteiger partial charge is 0.0361 e. The average molecular weight is 241 g/mol. The predicted octanol–water partition coefficient (Wildman–Crippen LogP) is 2.76. The summed E-state index contributed by atoms with van der Waals surface area (Å²) in [5.41, 5.74) is 2.59. The first-order valence-corrected chi connectivity index (χ1v) is 6.42. The normalized spacial score (nSPS) is 12.3. The molecule has 0 spiro atoms. The van der Waals surface area contributed by atoms with Crippen molar-refractivity contribution in [3.63, 3.8) is 0 Å². The van der Waals surface area contributed by atoms with E-state index in [0.29, 0.717) is 6.04 Å². The van der Waals surface area contributed by atoms with E-state index in [4.69, 9.17) is 0 Å². The van der Waals surface area contributed by atoms with Gasteiger partial charge in [-0.1, -0.05) is 6.92 Å². The molecule has 2 aromatic rings. The lowest BCUT2D eigenvalue weighted by Crippen LogP contribution is -2.24. The second kappa shape index (κ2) is 6.87. The van der Waals surface area contributed by atoms with E-state index in [9.17, 15) is 0 Å². The molecule has 3 nitrogen and oxygen atoms in total. The van der Waals surface area contributed by atoms with Crippen LogP contribution in [0.2, 0.25) is 0 Å². The molecule has 1 unspecified atom stereocenters. The van der Waals surface area contributed by atoms with E-state index >= 15 is 0 Å². The average Bonchev–Trinajstić information content (AvgIpc) is 2.45. The van der Waals surface area contributed by atoms with Crippen LogP contribution in [0.3, 0.4) is 0 Å². The van der Waals surface area contributed by atoms with Gasteiger partial charge in [-0.05, 0) is 54.8 Å². The first-order chi connectivity index (χ1) is 8.90. The van der Waals surface area contributed by atoms with Gasteiger partial charge in [0.15, 0.2) is 0 Å². The molecule has 0 aromatic carbocycles. The van der Waals surface area contributed by atoms with Crippen LogP contribution in [0.5, 0.6) is 0 Å². The molecule has 0 saturated carbocycles. The third kappa shape index (κ3) is 3.64. The van der Waals surface area contributed by atoms with Crippen molar-refractivity contribution in [3.05, 3.63) is 60.2 Å². The van der Waals surface area contributed by atoms with Gasteiger partial charge in [-0.2, -0.15) is 0 Å². The van der Waals surface area contributed by atoms with Crippen LogP contribution in [-0.2, 0) is 6.42 Å². The van der Waals surface area contributed by atoms with Crippen molar-refractivity contribution in [2.75, 3.05) is 6.54 Å². The molecule has 0 fully saturated rings. The Hall–Kier alpha value is -1.74. The van der Waals surface area contributed by atoms with Crippen LogP contribution < -0.4 is 5.32 Å². The zero-order chi connectivity index (χ0) is 12.6. The fraction of sp³-hybridized carbons (Fsp3) is 0.333. The van der Waals surface area contributed by atoms with Gasteiger partial charge in [-0.3, -0.25) is 9.97 Å². The van der Waals surface area contributed by atoms with Crippen molar-refractivity contribution >= 4 is 0 Å². The summed E-state index contributed by atoms with van der Waals surface area (Å²) in [6.45, 7) is 3.21. The SMILES string of the molecule is CCCNC(Cc1ccncc1)c1ccncc1. The molecule has 2 heterocycles. The Morgan fingerprint density at radius 1 is 1.00 bits per heavy atom. The summed E-state index contributed by atoms with van der Waals surface area (Å²) in [6.07, 6.45) is 9.51. The third-order valence-corrected chi connectivity index (χ3v) is 2.94. The lowest BCUT2D eigenvalue weighted by Gasteiger charge is -2.18. The van der Waals surface area contributed by atoms with Crippen LogP contribution in [0.25, 0.3) is 0 Å². The van der Waals surface area contributed by atoms with Crippen LogP contribution in [0, 0.1) is 0 Å². The maximum absolute atomic E-state index is 4.08. The molecule has 94 valence electrons. The molecule has 2 rings (SSSR count). The Kier molecular flexibility index (Phi) is 4.85. The number of hydrogen-bond acceptors (Lipinski definition) is 3. The molecule has 3 heteroatoms. The summed E-state index contributed by atoms with van der Waals surface area (Å²) < 4.78 is 0. The summed E-state index contributed by atoms with van der Waals surface area (Å²) in [5.74, 6) is 0. The minimum Gasteiger partial charge on any atom is -0.310 e. The molecule has 0 bridgehead atoms. The Labute approximate surface area is 108 Å². The highest BCUT2D eigenvalue weighted by Gasteiger charge is 2.10. The van der Waals surface area contributed by atoms with Gasteiger partial charge in [0.2, 0.25) is 0 Å². The Morgan fingerprint density at radius 3 is 2.22 bits per heavy atom. The maximum atomic E-state index is 4.08. The second-order valence-electron chi connectivity index (χ2n) is 4.35. The quantitative estimate of drug-likeness (QED) is 0.845. The van der Waals surface area contributed by atoms with Gasteiger partial charge in [-0.15, -0.1) is 0 Å². The molecule has 18 heavy (non-hydrogen) atoms. The fourth-order valence-corrected chi connectivity index (χ4v) is 1.98. The summed E-state index contributed by atoms with van der Waals surface area (Å²) in [7, 11) is 0. The molecule has 0 aliphatic heterocycles. The number of aromatic nitrogens is 2. The summed E-state index contributed by atoms with van der Waals surface area (Å²) in [5, 5.41) is 3.59. The molecule has 1 N–H and O–H groups in total.